The Morgan fingerprint density at radius 3 is 2.71 bits per heavy atom. The Morgan fingerprint density at radius 2 is 2.05 bits per heavy atom. The molecule has 0 spiro atoms. The van der Waals surface area contributed by atoms with Gasteiger partial charge in [0.2, 0.25) is 0 Å². The van der Waals surface area contributed by atoms with E-state index in [-0.39, 0.29) is 6.04 Å². The first kappa shape index (κ1) is 14.0. The molecular formula is C15H21N5O. The summed E-state index contributed by atoms with van der Waals surface area (Å²) >= 11 is 0. The fourth-order valence-electron chi connectivity index (χ4n) is 2.86. The third kappa shape index (κ3) is 2.64. The molecule has 2 aromatic rings. The van der Waals surface area contributed by atoms with Crippen molar-refractivity contribution in [3.05, 3.63) is 23.4 Å². The van der Waals surface area contributed by atoms with Crippen LogP contribution in [0.3, 0.4) is 0 Å². The molecule has 1 aliphatic heterocycles. The molecule has 1 aliphatic rings. The van der Waals surface area contributed by atoms with Gasteiger partial charge in [0.25, 0.3) is 0 Å². The van der Waals surface area contributed by atoms with Crippen molar-refractivity contribution >= 4 is 22.5 Å². The summed E-state index contributed by atoms with van der Waals surface area (Å²) < 4.78 is 0. The number of pyridine rings is 2. The number of β-amino-alcohol motifs (C(OH)–C–C–N with tert-alkyl or cyclic N) is 1. The van der Waals surface area contributed by atoms with Gasteiger partial charge in [0.15, 0.2) is 5.65 Å². The quantitative estimate of drug-likeness (QED) is 0.675. The zero-order valence-electron chi connectivity index (χ0n) is 12.6. The summed E-state index contributed by atoms with van der Waals surface area (Å²) in [6, 6.07) is 4.01. The van der Waals surface area contributed by atoms with E-state index in [2.05, 4.69) is 38.9 Å². The van der Waals surface area contributed by atoms with E-state index in [0.29, 0.717) is 6.54 Å². The highest BCUT2D eigenvalue weighted by atomic mass is 16.3. The number of aliphatic hydroxyl groups is 1. The third-order valence-corrected chi connectivity index (χ3v) is 3.89. The van der Waals surface area contributed by atoms with Gasteiger partial charge in [0, 0.05) is 43.0 Å². The fraction of sp³-hybridized carbons (Fsp3) is 0.467. The summed E-state index contributed by atoms with van der Waals surface area (Å²) in [6.45, 7) is 5.38. The van der Waals surface area contributed by atoms with Crippen molar-refractivity contribution in [3.8, 4) is 0 Å². The predicted octanol–water partition coefficient (Wildman–Crippen LogP) is 1.03. The van der Waals surface area contributed by atoms with E-state index in [0.717, 1.165) is 40.3 Å². The molecule has 0 radical (unpaired) electrons. The van der Waals surface area contributed by atoms with Gasteiger partial charge in [-0.2, -0.15) is 0 Å². The van der Waals surface area contributed by atoms with Crippen LogP contribution in [0, 0.1) is 13.8 Å². The maximum absolute atomic E-state index is 9.89. The third-order valence-electron chi connectivity index (χ3n) is 3.89. The first-order valence-electron chi connectivity index (χ1n) is 7.20. The average molecular weight is 287 g/mol. The lowest BCUT2D eigenvalue weighted by molar-refractivity contribution is 0.185. The van der Waals surface area contributed by atoms with Gasteiger partial charge in [-0.3, -0.25) is 0 Å². The minimum absolute atomic E-state index is 0.0226. The van der Waals surface area contributed by atoms with E-state index in [1.165, 1.54) is 0 Å². The van der Waals surface area contributed by atoms with E-state index in [1.807, 2.05) is 20.0 Å². The number of nitrogens with one attached hydrogen (secondary N) is 3. The van der Waals surface area contributed by atoms with E-state index >= 15 is 0 Å². The zero-order chi connectivity index (χ0) is 15.0. The van der Waals surface area contributed by atoms with Crippen molar-refractivity contribution < 1.29 is 5.11 Å². The fourth-order valence-corrected chi connectivity index (χ4v) is 2.86. The molecule has 2 atom stereocenters. The van der Waals surface area contributed by atoms with Crippen LogP contribution in [0.5, 0.6) is 0 Å². The van der Waals surface area contributed by atoms with Gasteiger partial charge < -0.3 is 21.1 Å². The van der Waals surface area contributed by atoms with Gasteiger partial charge in [-0.15, -0.1) is 0 Å². The minimum atomic E-state index is -0.396. The van der Waals surface area contributed by atoms with Gasteiger partial charge in [-0.05, 0) is 25.5 Å². The van der Waals surface area contributed by atoms with E-state index in [1.54, 1.807) is 0 Å². The molecule has 21 heavy (non-hydrogen) atoms. The van der Waals surface area contributed by atoms with Crippen LogP contribution < -0.4 is 16.0 Å². The molecule has 2 aromatic heterocycles. The molecule has 112 valence electrons. The highest BCUT2D eigenvalue weighted by molar-refractivity contribution is 5.93. The van der Waals surface area contributed by atoms with Crippen molar-refractivity contribution in [2.75, 3.05) is 30.8 Å². The molecule has 0 bridgehead atoms. The zero-order valence-corrected chi connectivity index (χ0v) is 12.6. The summed E-state index contributed by atoms with van der Waals surface area (Å²) in [5.74, 6) is 0.733. The molecule has 0 amide bonds. The van der Waals surface area contributed by atoms with E-state index in [9.17, 15) is 5.11 Å². The summed E-state index contributed by atoms with van der Waals surface area (Å²) in [5, 5.41) is 20.6. The molecule has 4 N–H and O–H groups in total. The minimum Gasteiger partial charge on any atom is -0.390 e. The first-order chi connectivity index (χ1) is 10.1. The maximum atomic E-state index is 9.89. The summed E-state index contributed by atoms with van der Waals surface area (Å²) in [4.78, 5) is 9.13. The number of rotatable bonds is 3. The van der Waals surface area contributed by atoms with E-state index in [4.69, 9.17) is 0 Å². The van der Waals surface area contributed by atoms with Gasteiger partial charge in [-0.1, -0.05) is 0 Å². The molecule has 3 rings (SSSR count). The molecule has 6 nitrogen and oxygen atoms in total. The lowest BCUT2D eigenvalue weighted by atomic mass is 10.1. The molecule has 6 heteroatoms. The molecule has 0 saturated carbocycles. The highest BCUT2D eigenvalue weighted by Gasteiger charge is 2.25. The second kappa shape index (κ2) is 5.46. The largest absolute Gasteiger partial charge is 0.390 e. The lowest BCUT2D eigenvalue weighted by Gasteiger charge is -2.18. The summed E-state index contributed by atoms with van der Waals surface area (Å²) in [7, 11) is 1.89. The Hall–Kier alpha value is -1.92. The Kier molecular flexibility index (Phi) is 3.65. The van der Waals surface area contributed by atoms with Crippen LogP contribution >= 0.6 is 0 Å². The van der Waals surface area contributed by atoms with Gasteiger partial charge in [0.05, 0.1) is 12.1 Å². The van der Waals surface area contributed by atoms with Crippen LogP contribution in [-0.4, -0.2) is 47.4 Å². The lowest BCUT2D eigenvalue weighted by Crippen LogP contribution is -2.32. The van der Waals surface area contributed by atoms with Crippen LogP contribution in [0.1, 0.15) is 11.3 Å². The normalized spacial score (nSPS) is 21.7. The van der Waals surface area contributed by atoms with Crippen LogP contribution in [0.25, 0.3) is 11.0 Å². The number of anilines is 2. The van der Waals surface area contributed by atoms with Crippen LogP contribution in [-0.2, 0) is 0 Å². The predicted molar refractivity (Wildman–Crippen MR) is 84.8 cm³/mol. The average Bonchev–Trinajstić information content (AvgIpc) is 2.82. The van der Waals surface area contributed by atoms with Crippen LogP contribution in [0.4, 0.5) is 11.5 Å². The molecule has 1 fully saturated rings. The monoisotopic (exact) mass is 287 g/mol. The second-order valence-electron chi connectivity index (χ2n) is 5.56. The number of hydrogen-bond acceptors (Lipinski definition) is 6. The molecule has 0 aliphatic carbocycles. The molecular weight excluding hydrogens is 266 g/mol. The Morgan fingerprint density at radius 1 is 1.24 bits per heavy atom. The van der Waals surface area contributed by atoms with Crippen molar-refractivity contribution in [3.63, 3.8) is 0 Å². The van der Waals surface area contributed by atoms with E-state index < -0.39 is 6.10 Å². The molecule has 0 aromatic carbocycles. The van der Waals surface area contributed by atoms with Crippen molar-refractivity contribution in [1.29, 1.82) is 0 Å². The summed E-state index contributed by atoms with van der Waals surface area (Å²) in [6.07, 6.45) is -0.396. The molecule has 1 saturated heterocycles. The van der Waals surface area contributed by atoms with Crippen LogP contribution in [0.15, 0.2) is 12.1 Å². The van der Waals surface area contributed by atoms with Gasteiger partial charge >= 0.3 is 0 Å². The number of nitrogens with zero attached hydrogens (tertiary/aromatic N) is 2. The second-order valence-corrected chi connectivity index (χ2v) is 5.56. The van der Waals surface area contributed by atoms with Crippen molar-refractivity contribution in [1.82, 2.24) is 15.3 Å². The smallest absolute Gasteiger partial charge is 0.164 e. The summed E-state index contributed by atoms with van der Waals surface area (Å²) in [5.41, 5.74) is 3.83. The van der Waals surface area contributed by atoms with Crippen molar-refractivity contribution in [2.45, 2.75) is 26.0 Å². The Labute approximate surface area is 124 Å². The topological polar surface area (TPSA) is 82.1 Å². The molecule has 0 unspecified atom stereocenters. The van der Waals surface area contributed by atoms with Crippen molar-refractivity contribution in [2.24, 2.45) is 0 Å². The maximum Gasteiger partial charge on any atom is 0.164 e. The number of aryl methyl sites for hydroxylation is 2. The van der Waals surface area contributed by atoms with Gasteiger partial charge in [-0.25, -0.2) is 9.97 Å². The highest BCUT2D eigenvalue weighted by Crippen LogP contribution is 2.28. The number of aliphatic hydroxyl groups excluding tert-OH is 1. The van der Waals surface area contributed by atoms with Gasteiger partial charge in [0.1, 0.15) is 5.82 Å². The number of fused-ring (bicyclic) bond motifs is 1. The standard InChI is InChI=1S/C15H21N5O/c1-8-4-9(2)18-15-14(8)10(16-3)5-13(20-15)19-11-6-17-7-12(11)21/h4-5,11-12,17,21H,6-7H2,1-3H3,(H2,16,18,19,20)/t11-,12-/m0/s1. The number of aromatic nitrogens is 2. The Bertz CT molecular complexity index is 673. The first-order valence-corrected chi connectivity index (χ1v) is 7.20. The van der Waals surface area contributed by atoms with Crippen LogP contribution in [0.2, 0.25) is 0 Å². The number of hydrogen-bond donors (Lipinski definition) is 4. The Balaban J connectivity index is 2.04. The molecule has 3 heterocycles. The SMILES string of the molecule is CNc1cc(N[C@H]2CNC[C@@H]2O)nc2nc(C)cc(C)c12.